The summed E-state index contributed by atoms with van der Waals surface area (Å²) in [6, 6.07) is 9.00. The fraction of sp³-hybridized carbons (Fsp3) is 0.565. The van der Waals surface area contributed by atoms with Gasteiger partial charge in [0.05, 0.1) is 0 Å². The molecule has 0 bridgehead atoms. The maximum Gasteiger partial charge on any atom is 0.0367 e. The molecule has 1 aliphatic heterocycles. The van der Waals surface area contributed by atoms with Crippen LogP contribution in [0.1, 0.15) is 45.7 Å². The van der Waals surface area contributed by atoms with Gasteiger partial charge in [0, 0.05) is 41.6 Å². The second-order valence-corrected chi connectivity index (χ2v) is 9.32. The van der Waals surface area contributed by atoms with Gasteiger partial charge in [0.25, 0.3) is 0 Å². The Bertz CT molecular complexity index is 723. The molecule has 140 valence electrons. The summed E-state index contributed by atoms with van der Waals surface area (Å²) < 4.78 is 0. The standard InChI is InChI=1S/C23H32N2S/c1-18-9-11-20(12-10-18)25-16-14-24(15-17-25)13-5-7-21-19(2)26-23-8-4-3-6-22(21)23/h9-12H,3-8,13-17H2,1-2H3. The zero-order valence-electron chi connectivity index (χ0n) is 16.4. The molecule has 0 unspecified atom stereocenters. The van der Waals surface area contributed by atoms with E-state index in [0.29, 0.717) is 0 Å². The highest BCUT2D eigenvalue weighted by molar-refractivity contribution is 7.12. The van der Waals surface area contributed by atoms with Gasteiger partial charge in [-0.3, -0.25) is 4.90 Å². The average Bonchev–Trinajstić information content (AvgIpc) is 2.99. The smallest absolute Gasteiger partial charge is 0.0367 e. The number of anilines is 1. The van der Waals surface area contributed by atoms with Crippen molar-refractivity contribution in [2.45, 2.75) is 52.4 Å². The van der Waals surface area contributed by atoms with Crippen molar-refractivity contribution in [1.82, 2.24) is 4.90 Å². The summed E-state index contributed by atoms with van der Waals surface area (Å²) in [6.07, 6.45) is 8.07. The van der Waals surface area contributed by atoms with Gasteiger partial charge in [-0.15, -0.1) is 11.3 Å². The fourth-order valence-electron chi connectivity index (χ4n) is 4.56. The molecule has 1 aliphatic carbocycles. The topological polar surface area (TPSA) is 6.48 Å². The molecule has 0 saturated carbocycles. The molecule has 4 rings (SSSR count). The van der Waals surface area contributed by atoms with Crippen LogP contribution in [0.4, 0.5) is 5.69 Å². The highest BCUT2D eigenvalue weighted by atomic mass is 32.1. The molecular weight excluding hydrogens is 336 g/mol. The summed E-state index contributed by atoms with van der Waals surface area (Å²) >= 11 is 2.08. The van der Waals surface area contributed by atoms with Crippen LogP contribution in [0.25, 0.3) is 0 Å². The Hall–Kier alpha value is -1.32. The Labute approximate surface area is 162 Å². The molecular formula is C23H32N2S. The van der Waals surface area contributed by atoms with E-state index >= 15 is 0 Å². The van der Waals surface area contributed by atoms with Gasteiger partial charge in [0.15, 0.2) is 0 Å². The molecule has 2 aromatic rings. The van der Waals surface area contributed by atoms with Crippen LogP contribution in [0.2, 0.25) is 0 Å². The Kier molecular flexibility index (Phi) is 5.66. The van der Waals surface area contributed by atoms with Gasteiger partial charge in [-0.05, 0) is 82.2 Å². The number of hydrogen-bond donors (Lipinski definition) is 0. The molecule has 1 saturated heterocycles. The first-order chi connectivity index (χ1) is 12.7. The van der Waals surface area contributed by atoms with E-state index in [9.17, 15) is 0 Å². The number of fused-ring (bicyclic) bond motifs is 1. The summed E-state index contributed by atoms with van der Waals surface area (Å²) in [5.74, 6) is 0. The lowest BCUT2D eigenvalue weighted by Crippen LogP contribution is -2.46. The number of hydrogen-bond acceptors (Lipinski definition) is 3. The number of nitrogens with zero attached hydrogens (tertiary/aromatic N) is 2. The van der Waals surface area contributed by atoms with Crippen molar-refractivity contribution in [3.05, 3.63) is 50.7 Å². The predicted octanol–water partition coefficient (Wildman–Crippen LogP) is 5.00. The van der Waals surface area contributed by atoms with Crippen molar-refractivity contribution in [1.29, 1.82) is 0 Å². The molecule has 2 nitrogen and oxygen atoms in total. The maximum atomic E-state index is 2.67. The molecule has 2 heterocycles. The monoisotopic (exact) mass is 368 g/mol. The molecule has 0 amide bonds. The molecule has 1 fully saturated rings. The summed E-state index contributed by atoms with van der Waals surface area (Å²) in [5, 5.41) is 0. The van der Waals surface area contributed by atoms with Crippen LogP contribution in [-0.4, -0.2) is 37.6 Å². The van der Waals surface area contributed by atoms with E-state index in [-0.39, 0.29) is 0 Å². The van der Waals surface area contributed by atoms with Crippen molar-refractivity contribution in [3.63, 3.8) is 0 Å². The van der Waals surface area contributed by atoms with Gasteiger partial charge in [0.2, 0.25) is 0 Å². The predicted molar refractivity (Wildman–Crippen MR) is 114 cm³/mol. The summed E-state index contributed by atoms with van der Waals surface area (Å²) in [5.41, 5.74) is 6.18. The number of rotatable bonds is 5. The van der Waals surface area contributed by atoms with Crippen molar-refractivity contribution < 1.29 is 0 Å². The first-order valence-corrected chi connectivity index (χ1v) is 11.2. The molecule has 0 spiro atoms. The number of benzene rings is 1. The van der Waals surface area contributed by atoms with E-state index in [0.717, 1.165) is 13.1 Å². The molecule has 2 aliphatic rings. The summed E-state index contributed by atoms with van der Waals surface area (Å²) in [6.45, 7) is 10.5. The zero-order chi connectivity index (χ0) is 17.9. The number of piperazine rings is 1. The molecule has 0 atom stereocenters. The van der Waals surface area contributed by atoms with Gasteiger partial charge >= 0.3 is 0 Å². The van der Waals surface area contributed by atoms with Crippen molar-refractivity contribution in [2.24, 2.45) is 0 Å². The van der Waals surface area contributed by atoms with Crippen LogP contribution in [0, 0.1) is 13.8 Å². The molecule has 0 radical (unpaired) electrons. The van der Waals surface area contributed by atoms with Gasteiger partial charge in [-0.2, -0.15) is 0 Å². The van der Waals surface area contributed by atoms with Gasteiger partial charge in [-0.1, -0.05) is 17.7 Å². The highest BCUT2D eigenvalue weighted by Gasteiger charge is 2.20. The normalized spacial score (nSPS) is 18.2. The van der Waals surface area contributed by atoms with Crippen LogP contribution in [-0.2, 0) is 19.3 Å². The largest absolute Gasteiger partial charge is 0.369 e. The Balaban J connectivity index is 1.25. The minimum Gasteiger partial charge on any atom is -0.369 e. The Morgan fingerprint density at radius 2 is 1.65 bits per heavy atom. The third kappa shape index (κ3) is 3.99. The fourth-order valence-corrected chi connectivity index (χ4v) is 5.87. The highest BCUT2D eigenvalue weighted by Crippen LogP contribution is 2.34. The van der Waals surface area contributed by atoms with E-state index in [1.807, 2.05) is 0 Å². The van der Waals surface area contributed by atoms with Crippen molar-refractivity contribution in [2.75, 3.05) is 37.6 Å². The van der Waals surface area contributed by atoms with E-state index in [1.54, 1.807) is 20.9 Å². The van der Waals surface area contributed by atoms with Gasteiger partial charge in [-0.25, -0.2) is 0 Å². The second kappa shape index (κ2) is 8.14. The lowest BCUT2D eigenvalue weighted by atomic mass is 9.93. The Morgan fingerprint density at radius 1 is 0.923 bits per heavy atom. The van der Waals surface area contributed by atoms with Crippen LogP contribution in [0.3, 0.4) is 0 Å². The molecule has 1 aromatic heterocycles. The van der Waals surface area contributed by atoms with E-state index in [4.69, 9.17) is 0 Å². The first-order valence-electron chi connectivity index (χ1n) is 10.3. The maximum absolute atomic E-state index is 2.67. The summed E-state index contributed by atoms with van der Waals surface area (Å²) in [4.78, 5) is 8.50. The van der Waals surface area contributed by atoms with Crippen LogP contribution in [0.5, 0.6) is 0 Å². The third-order valence-corrected chi connectivity index (χ3v) is 7.40. The summed E-state index contributed by atoms with van der Waals surface area (Å²) in [7, 11) is 0. The van der Waals surface area contributed by atoms with E-state index in [2.05, 4.69) is 59.2 Å². The van der Waals surface area contributed by atoms with Gasteiger partial charge in [0.1, 0.15) is 0 Å². The lowest BCUT2D eigenvalue weighted by Gasteiger charge is -2.36. The SMILES string of the molecule is Cc1ccc(N2CCN(CCCc3c(C)sc4c3CCCC4)CC2)cc1. The molecule has 3 heteroatoms. The third-order valence-electron chi connectivity index (χ3n) is 6.16. The first kappa shape index (κ1) is 18.1. The quantitative estimate of drug-likeness (QED) is 0.733. The van der Waals surface area contributed by atoms with Crippen LogP contribution in [0.15, 0.2) is 24.3 Å². The van der Waals surface area contributed by atoms with Crippen molar-refractivity contribution in [3.8, 4) is 0 Å². The minimum atomic E-state index is 1.16. The van der Waals surface area contributed by atoms with Crippen LogP contribution >= 0.6 is 11.3 Å². The lowest BCUT2D eigenvalue weighted by molar-refractivity contribution is 0.255. The second-order valence-electron chi connectivity index (χ2n) is 8.01. The Morgan fingerprint density at radius 3 is 2.42 bits per heavy atom. The molecule has 1 aromatic carbocycles. The minimum absolute atomic E-state index is 1.16. The number of thiophene rings is 1. The molecule has 26 heavy (non-hydrogen) atoms. The van der Waals surface area contributed by atoms with E-state index in [1.165, 1.54) is 69.4 Å². The average molecular weight is 369 g/mol. The van der Waals surface area contributed by atoms with E-state index < -0.39 is 0 Å². The van der Waals surface area contributed by atoms with Crippen molar-refractivity contribution >= 4 is 17.0 Å². The molecule has 0 N–H and O–H groups in total. The van der Waals surface area contributed by atoms with Gasteiger partial charge < -0.3 is 4.90 Å². The zero-order valence-corrected chi connectivity index (χ0v) is 17.2. The van der Waals surface area contributed by atoms with Crippen LogP contribution < -0.4 is 4.90 Å². The number of aryl methyl sites for hydroxylation is 3.